The van der Waals surface area contributed by atoms with Crippen LogP contribution in [0.4, 0.5) is 10.5 Å². The van der Waals surface area contributed by atoms with Crippen molar-refractivity contribution in [3.63, 3.8) is 0 Å². The van der Waals surface area contributed by atoms with Gasteiger partial charge in [-0.2, -0.15) is 0 Å². The summed E-state index contributed by atoms with van der Waals surface area (Å²) in [6, 6.07) is 11.9. The van der Waals surface area contributed by atoms with Gasteiger partial charge in [0.05, 0.1) is 4.91 Å². The average molecular weight is 382 g/mol. The SMILES string of the molecule is Cc1cc(C)cc(NC(=O)CN2C(=O)S/C(=C/c3ccc(O)cc3)C2=O)c1. The molecule has 1 aliphatic rings. The van der Waals surface area contributed by atoms with Crippen LogP contribution in [-0.2, 0) is 9.59 Å². The van der Waals surface area contributed by atoms with E-state index in [1.807, 2.05) is 32.0 Å². The summed E-state index contributed by atoms with van der Waals surface area (Å²) in [7, 11) is 0. The number of phenolic OH excluding ortho intramolecular Hbond substituents is 1. The summed E-state index contributed by atoms with van der Waals surface area (Å²) in [6.45, 7) is 3.50. The number of nitrogens with one attached hydrogen (secondary N) is 1. The first-order valence-corrected chi connectivity index (χ1v) is 9.06. The third kappa shape index (κ3) is 4.57. The Hall–Kier alpha value is -3.06. The van der Waals surface area contributed by atoms with E-state index in [2.05, 4.69) is 5.32 Å². The van der Waals surface area contributed by atoms with E-state index in [0.29, 0.717) is 11.3 Å². The quantitative estimate of drug-likeness (QED) is 0.788. The van der Waals surface area contributed by atoms with Crippen molar-refractivity contribution in [3.05, 3.63) is 64.1 Å². The molecular weight excluding hydrogens is 364 g/mol. The molecule has 6 nitrogen and oxygen atoms in total. The fourth-order valence-electron chi connectivity index (χ4n) is 2.75. The molecule has 1 heterocycles. The molecule has 27 heavy (non-hydrogen) atoms. The molecule has 2 N–H and O–H groups in total. The molecule has 7 heteroatoms. The molecule has 0 atom stereocenters. The largest absolute Gasteiger partial charge is 0.508 e. The van der Waals surface area contributed by atoms with E-state index in [9.17, 15) is 19.5 Å². The lowest BCUT2D eigenvalue weighted by atomic mass is 10.1. The number of hydrogen-bond donors (Lipinski definition) is 2. The highest BCUT2D eigenvalue weighted by atomic mass is 32.2. The van der Waals surface area contributed by atoms with Crippen molar-refractivity contribution < 1.29 is 19.5 Å². The maximum Gasteiger partial charge on any atom is 0.294 e. The lowest BCUT2D eigenvalue weighted by Crippen LogP contribution is -2.36. The van der Waals surface area contributed by atoms with Gasteiger partial charge in [-0.3, -0.25) is 19.3 Å². The second-order valence-corrected chi connectivity index (χ2v) is 7.28. The summed E-state index contributed by atoms with van der Waals surface area (Å²) >= 11 is 0.790. The molecule has 3 rings (SSSR count). The van der Waals surface area contributed by atoms with Crippen LogP contribution in [0.5, 0.6) is 5.75 Å². The Kier molecular flexibility index (Phi) is 5.32. The third-order valence-corrected chi connectivity index (χ3v) is 4.78. The number of hydrogen-bond acceptors (Lipinski definition) is 5. The molecule has 0 aromatic heterocycles. The van der Waals surface area contributed by atoms with E-state index < -0.39 is 17.1 Å². The minimum atomic E-state index is -0.506. The lowest BCUT2D eigenvalue weighted by Gasteiger charge is -2.13. The van der Waals surface area contributed by atoms with Gasteiger partial charge in [0.2, 0.25) is 5.91 Å². The van der Waals surface area contributed by atoms with Crippen molar-refractivity contribution in [1.82, 2.24) is 4.90 Å². The zero-order chi connectivity index (χ0) is 19.6. The third-order valence-electron chi connectivity index (χ3n) is 3.87. The first-order valence-electron chi connectivity index (χ1n) is 8.24. The van der Waals surface area contributed by atoms with E-state index in [1.165, 1.54) is 12.1 Å². The average Bonchev–Trinajstić information content (AvgIpc) is 2.83. The molecule has 0 aliphatic carbocycles. The van der Waals surface area contributed by atoms with Crippen LogP contribution in [0.15, 0.2) is 47.4 Å². The maximum atomic E-state index is 12.5. The van der Waals surface area contributed by atoms with Crippen LogP contribution >= 0.6 is 11.8 Å². The first kappa shape index (κ1) is 18.7. The van der Waals surface area contributed by atoms with Crippen LogP contribution in [0, 0.1) is 13.8 Å². The van der Waals surface area contributed by atoms with Gasteiger partial charge in [-0.25, -0.2) is 0 Å². The fourth-order valence-corrected chi connectivity index (χ4v) is 3.59. The van der Waals surface area contributed by atoms with Crippen LogP contribution in [0.3, 0.4) is 0 Å². The van der Waals surface area contributed by atoms with Crippen LogP contribution in [0.1, 0.15) is 16.7 Å². The zero-order valence-corrected chi connectivity index (χ0v) is 15.7. The molecule has 0 spiro atoms. The number of rotatable bonds is 4. The van der Waals surface area contributed by atoms with Gasteiger partial charge >= 0.3 is 0 Å². The summed E-state index contributed by atoms with van der Waals surface area (Å²) in [5, 5.41) is 11.5. The highest BCUT2D eigenvalue weighted by Crippen LogP contribution is 2.32. The predicted octanol–water partition coefficient (Wildman–Crippen LogP) is 3.68. The summed E-state index contributed by atoms with van der Waals surface area (Å²) in [5.74, 6) is -0.829. The van der Waals surface area contributed by atoms with Crippen molar-refractivity contribution in [1.29, 1.82) is 0 Å². The minimum absolute atomic E-state index is 0.114. The first-order chi connectivity index (χ1) is 12.8. The molecule has 0 radical (unpaired) electrons. The van der Waals surface area contributed by atoms with Gasteiger partial charge in [-0.05, 0) is 72.6 Å². The van der Waals surface area contributed by atoms with Crippen LogP contribution in [0.25, 0.3) is 6.08 Å². The molecule has 138 valence electrons. The number of amides is 3. The summed E-state index contributed by atoms with van der Waals surface area (Å²) in [5.41, 5.74) is 3.32. The van der Waals surface area contributed by atoms with Crippen molar-refractivity contribution in [2.45, 2.75) is 13.8 Å². The van der Waals surface area contributed by atoms with Gasteiger partial charge in [-0.15, -0.1) is 0 Å². The number of aromatic hydroxyl groups is 1. The smallest absolute Gasteiger partial charge is 0.294 e. The molecule has 1 aliphatic heterocycles. The van der Waals surface area contributed by atoms with Crippen LogP contribution in [-0.4, -0.2) is 33.6 Å². The number of carbonyl (C=O) groups is 3. The van der Waals surface area contributed by atoms with Crippen LogP contribution in [0.2, 0.25) is 0 Å². The summed E-state index contributed by atoms with van der Waals surface area (Å²) in [4.78, 5) is 38.0. The second-order valence-electron chi connectivity index (χ2n) is 6.28. The van der Waals surface area contributed by atoms with Crippen molar-refractivity contribution in [3.8, 4) is 5.75 Å². The molecular formula is C20H18N2O4S. The highest BCUT2D eigenvalue weighted by molar-refractivity contribution is 8.18. The Morgan fingerprint density at radius 3 is 2.37 bits per heavy atom. The molecule has 1 fully saturated rings. The Morgan fingerprint density at radius 2 is 1.74 bits per heavy atom. The Bertz CT molecular complexity index is 931. The number of phenols is 1. The van der Waals surface area contributed by atoms with E-state index in [0.717, 1.165) is 27.8 Å². The lowest BCUT2D eigenvalue weighted by molar-refractivity contribution is -0.127. The molecule has 0 unspecified atom stereocenters. The maximum absolute atomic E-state index is 12.5. The number of benzene rings is 2. The summed E-state index contributed by atoms with van der Waals surface area (Å²) < 4.78 is 0. The minimum Gasteiger partial charge on any atom is -0.508 e. The van der Waals surface area contributed by atoms with Gasteiger partial charge in [0.1, 0.15) is 12.3 Å². The molecule has 0 bridgehead atoms. The van der Waals surface area contributed by atoms with Gasteiger partial charge in [0, 0.05) is 5.69 Å². The second kappa shape index (κ2) is 7.67. The summed E-state index contributed by atoms with van der Waals surface area (Å²) in [6.07, 6.45) is 1.56. The van der Waals surface area contributed by atoms with Gasteiger partial charge in [-0.1, -0.05) is 18.2 Å². The van der Waals surface area contributed by atoms with Gasteiger partial charge in [0.25, 0.3) is 11.1 Å². The van der Waals surface area contributed by atoms with E-state index in [-0.39, 0.29) is 17.2 Å². The topological polar surface area (TPSA) is 86.7 Å². The molecule has 2 aromatic carbocycles. The van der Waals surface area contributed by atoms with E-state index in [1.54, 1.807) is 18.2 Å². The van der Waals surface area contributed by atoms with E-state index in [4.69, 9.17) is 0 Å². The van der Waals surface area contributed by atoms with Crippen molar-refractivity contribution in [2.24, 2.45) is 0 Å². The van der Waals surface area contributed by atoms with Gasteiger partial charge < -0.3 is 10.4 Å². The molecule has 1 saturated heterocycles. The highest BCUT2D eigenvalue weighted by Gasteiger charge is 2.36. The number of imide groups is 1. The Labute approximate surface area is 160 Å². The zero-order valence-electron chi connectivity index (χ0n) is 14.9. The number of carbonyl (C=O) groups excluding carboxylic acids is 3. The Balaban J connectivity index is 1.69. The number of anilines is 1. The standard InChI is InChI=1S/C20H18N2O4S/c1-12-7-13(2)9-15(8-12)21-18(24)11-22-19(25)17(27-20(22)26)10-14-3-5-16(23)6-4-14/h3-10,23H,11H2,1-2H3,(H,21,24)/b17-10+. The number of thioether (sulfide) groups is 1. The predicted molar refractivity (Wildman–Crippen MR) is 105 cm³/mol. The van der Waals surface area contributed by atoms with Gasteiger partial charge in [0.15, 0.2) is 0 Å². The monoisotopic (exact) mass is 382 g/mol. The van der Waals surface area contributed by atoms with Crippen molar-refractivity contribution in [2.75, 3.05) is 11.9 Å². The normalized spacial score (nSPS) is 15.5. The van der Waals surface area contributed by atoms with Crippen LogP contribution < -0.4 is 5.32 Å². The molecule has 3 amide bonds. The number of aryl methyl sites for hydroxylation is 2. The number of nitrogens with zero attached hydrogens (tertiary/aromatic N) is 1. The Morgan fingerprint density at radius 1 is 1.11 bits per heavy atom. The molecule has 2 aromatic rings. The van der Waals surface area contributed by atoms with Crippen molar-refractivity contribution >= 4 is 40.6 Å². The fraction of sp³-hybridized carbons (Fsp3) is 0.150. The van der Waals surface area contributed by atoms with E-state index >= 15 is 0 Å². The molecule has 0 saturated carbocycles.